The number of Topliss-reactive ketones (excluding diaryl/α,β-unsaturated/α-hetero) is 1. The van der Waals surface area contributed by atoms with Crippen LogP contribution in [0.1, 0.15) is 15.9 Å². The third-order valence-electron chi connectivity index (χ3n) is 3.54. The van der Waals surface area contributed by atoms with Crippen molar-refractivity contribution in [3.8, 4) is 0 Å². The molecule has 0 unspecified atom stereocenters. The smallest absolute Gasteiger partial charge is 0.199 e. The SMILES string of the molecule is O=C(/C(=C/c1ccc(I)cc1)Sc1ccc(Br)cc1)c1ccc(Br)cc1. The normalized spacial score (nSPS) is 11.4. The molecule has 3 rings (SSSR count). The molecule has 26 heavy (non-hydrogen) atoms. The molecule has 1 nitrogen and oxygen atoms in total. The van der Waals surface area contributed by atoms with E-state index < -0.39 is 0 Å². The first kappa shape index (κ1) is 19.9. The summed E-state index contributed by atoms with van der Waals surface area (Å²) in [6.45, 7) is 0. The Morgan fingerprint density at radius 3 is 1.92 bits per heavy atom. The van der Waals surface area contributed by atoms with Gasteiger partial charge in [0.2, 0.25) is 0 Å². The van der Waals surface area contributed by atoms with E-state index in [0.717, 1.165) is 19.4 Å². The van der Waals surface area contributed by atoms with Gasteiger partial charge in [0.05, 0.1) is 4.91 Å². The molecule has 0 radical (unpaired) electrons. The van der Waals surface area contributed by atoms with Crippen molar-refractivity contribution in [3.05, 3.63) is 101 Å². The maximum absolute atomic E-state index is 13.1. The molecule has 0 saturated carbocycles. The Kier molecular flexibility index (Phi) is 7.14. The van der Waals surface area contributed by atoms with Crippen molar-refractivity contribution in [3.63, 3.8) is 0 Å². The van der Waals surface area contributed by atoms with Gasteiger partial charge in [-0.25, -0.2) is 0 Å². The second-order valence-electron chi connectivity index (χ2n) is 5.45. The van der Waals surface area contributed by atoms with Crippen LogP contribution in [0.15, 0.2) is 91.5 Å². The number of halogens is 3. The van der Waals surface area contributed by atoms with E-state index in [0.29, 0.717) is 10.5 Å². The minimum Gasteiger partial charge on any atom is -0.288 e. The third-order valence-corrected chi connectivity index (χ3v) is 6.35. The number of carbonyl (C=O) groups is 1. The van der Waals surface area contributed by atoms with Gasteiger partial charge in [-0.15, -0.1) is 0 Å². The predicted molar refractivity (Wildman–Crippen MR) is 126 cm³/mol. The van der Waals surface area contributed by atoms with Gasteiger partial charge in [-0.2, -0.15) is 0 Å². The van der Waals surface area contributed by atoms with E-state index in [-0.39, 0.29) is 5.78 Å². The summed E-state index contributed by atoms with van der Waals surface area (Å²) in [4.78, 5) is 14.8. The van der Waals surface area contributed by atoms with Gasteiger partial charge in [-0.1, -0.05) is 55.8 Å². The zero-order valence-electron chi connectivity index (χ0n) is 13.5. The first-order chi connectivity index (χ1) is 12.5. The number of ketones is 1. The van der Waals surface area contributed by atoms with Gasteiger partial charge in [-0.3, -0.25) is 4.79 Å². The van der Waals surface area contributed by atoms with Crippen LogP contribution in [-0.2, 0) is 0 Å². The van der Waals surface area contributed by atoms with Crippen molar-refractivity contribution in [2.75, 3.05) is 0 Å². The standard InChI is InChI=1S/C21H13Br2IOS/c22-16-5-3-15(4-6-16)21(25)20(13-14-1-9-18(24)10-2-14)26-19-11-7-17(23)8-12-19/h1-13H/b20-13-. The van der Waals surface area contributed by atoms with Crippen LogP contribution < -0.4 is 0 Å². The molecule has 0 bridgehead atoms. The molecule has 0 aliphatic rings. The van der Waals surface area contributed by atoms with Crippen molar-refractivity contribution in [2.45, 2.75) is 4.90 Å². The van der Waals surface area contributed by atoms with Crippen molar-refractivity contribution in [2.24, 2.45) is 0 Å². The second-order valence-corrected chi connectivity index (χ2v) is 9.64. The van der Waals surface area contributed by atoms with Crippen molar-refractivity contribution in [1.82, 2.24) is 0 Å². The van der Waals surface area contributed by atoms with E-state index in [4.69, 9.17) is 0 Å². The molecule has 0 N–H and O–H groups in total. The van der Waals surface area contributed by atoms with Crippen LogP contribution in [0.4, 0.5) is 0 Å². The number of carbonyl (C=O) groups excluding carboxylic acids is 1. The van der Waals surface area contributed by atoms with Crippen LogP contribution in [0, 0.1) is 3.57 Å². The number of benzene rings is 3. The molecule has 0 atom stereocenters. The monoisotopic (exact) mass is 598 g/mol. The number of hydrogen-bond acceptors (Lipinski definition) is 2. The average molecular weight is 600 g/mol. The molecule has 5 heteroatoms. The van der Waals surface area contributed by atoms with Gasteiger partial charge in [0.1, 0.15) is 0 Å². The van der Waals surface area contributed by atoms with E-state index >= 15 is 0 Å². The minimum absolute atomic E-state index is 0.0176. The molecule has 0 amide bonds. The predicted octanol–water partition coefficient (Wildman–Crippen LogP) is 7.83. The van der Waals surface area contributed by atoms with Gasteiger partial charge in [0, 0.05) is 23.0 Å². The first-order valence-corrected chi connectivity index (χ1v) is 11.2. The zero-order valence-corrected chi connectivity index (χ0v) is 19.6. The van der Waals surface area contributed by atoms with Crippen LogP contribution in [0.5, 0.6) is 0 Å². The summed E-state index contributed by atoms with van der Waals surface area (Å²) in [5, 5.41) is 0. The van der Waals surface area contributed by atoms with E-state index in [9.17, 15) is 4.79 Å². The highest BCUT2D eigenvalue weighted by Gasteiger charge is 2.14. The summed E-state index contributed by atoms with van der Waals surface area (Å²) >= 11 is 10.6. The van der Waals surface area contributed by atoms with E-state index in [1.807, 2.05) is 78.9 Å². The fraction of sp³-hybridized carbons (Fsp3) is 0. The largest absolute Gasteiger partial charge is 0.288 e. The Bertz CT molecular complexity index is 933. The Labute approximate surface area is 187 Å². The van der Waals surface area contributed by atoms with Gasteiger partial charge < -0.3 is 0 Å². The van der Waals surface area contributed by atoms with Crippen LogP contribution in [0.25, 0.3) is 6.08 Å². The van der Waals surface area contributed by atoms with Gasteiger partial charge in [0.25, 0.3) is 0 Å². The lowest BCUT2D eigenvalue weighted by Crippen LogP contribution is -2.01. The lowest BCUT2D eigenvalue weighted by atomic mass is 10.1. The molecule has 0 saturated heterocycles. The molecular weight excluding hydrogens is 587 g/mol. The quantitative estimate of drug-likeness (QED) is 0.129. The van der Waals surface area contributed by atoms with Crippen LogP contribution in [0.2, 0.25) is 0 Å². The Morgan fingerprint density at radius 1 is 0.808 bits per heavy atom. The maximum Gasteiger partial charge on any atom is 0.199 e. The Morgan fingerprint density at radius 2 is 1.35 bits per heavy atom. The summed E-state index contributed by atoms with van der Waals surface area (Å²) in [5.41, 5.74) is 1.69. The van der Waals surface area contributed by atoms with Crippen LogP contribution >= 0.6 is 66.2 Å². The molecule has 0 aromatic heterocycles. The lowest BCUT2D eigenvalue weighted by molar-refractivity contribution is 0.104. The van der Waals surface area contributed by atoms with E-state index in [1.54, 1.807) is 0 Å². The van der Waals surface area contributed by atoms with Crippen molar-refractivity contribution in [1.29, 1.82) is 0 Å². The third kappa shape index (κ3) is 5.55. The summed E-state index contributed by atoms with van der Waals surface area (Å²) in [6.07, 6.45) is 1.95. The number of thioether (sulfide) groups is 1. The van der Waals surface area contributed by atoms with Gasteiger partial charge in [0.15, 0.2) is 5.78 Å². The molecule has 0 aliphatic carbocycles. The molecule has 0 spiro atoms. The Balaban J connectivity index is 1.97. The number of hydrogen-bond donors (Lipinski definition) is 0. The van der Waals surface area contributed by atoms with Gasteiger partial charge in [-0.05, 0) is 94.9 Å². The number of allylic oxidation sites excluding steroid dienone is 1. The molecule has 0 fully saturated rings. The lowest BCUT2D eigenvalue weighted by Gasteiger charge is -2.08. The molecule has 3 aromatic rings. The first-order valence-electron chi connectivity index (χ1n) is 7.72. The number of rotatable bonds is 5. The highest BCUT2D eigenvalue weighted by Crippen LogP contribution is 2.32. The fourth-order valence-corrected chi connectivity index (χ4v) is 4.04. The second kappa shape index (κ2) is 9.35. The van der Waals surface area contributed by atoms with E-state index in [1.165, 1.54) is 15.3 Å². The molecule has 3 aromatic carbocycles. The molecule has 0 aliphatic heterocycles. The topological polar surface area (TPSA) is 17.1 Å². The average Bonchev–Trinajstić information content (AvgIpc) is 2.65. The Hall–Kier alpha value is -0.890. The molecule has 0 heterocycles. The highest BCUT2D eigenvalue weighted by molar-refractivity contribution is 14.1. The summed E-state index contributed by atoms with van der Waals surface area (Å²) in [7, 11) is 0. The highest BCUT2D eigenvalue weighted by atomic mass is 127. The van der Waals surface area contributed by atoms with Gasteiger partial charge >= 0.3 is 0 Å². The summed E-state index contributed by atoms with van der Waals surface area (Å²) < 4.78 is 3.14. The minimum atomic E-state index is 0.0176. The summed E-state index contributed by atoms with van der Waals surface area (Å²) in [6, 6.07) is 23.6. The van der Waals surface area contributed by atoms with Crippen LogP contribution in [-0.4, -0.2) is 5.78 Å². The van der Waals surface area contributed by atoms with Crippen molar-refractivity contribution >= 4 is 78.1 Å². The van der Waals surface area contributed by atoms with Crippen LogP contribution in [0.3, 0.4) is 0 Å². The summed E-state index contributed by atoms with van der Waals surface area (Å²) in [5.74, 6) is 0.0176. The molecular formula is C21H13Br2IOS. The maximum atomic E-state index is 13.1. The van der Waals surface area contributed by atoms with Crippen molar-refractivity contribution < 1.29 is 4.79 Å². The van der Waals surface area contributed by atoms with E-state index in [2.05, 4.69) is 54.5 Å². The fourth-order valence-electron chi connectivity index (χ4n) is 2.22. The zero-order chi connectivity index (χ0) is 18.5. The molecule has 130 valence electrons.